The summed E-state index contributed by atoms with van der Waals surface area (Å²) in [6.07, 6.45) is 0. The summed E-state index contributed by atoms with van der Waals surface area (Å²) in [5, 5.41) is 0.956. The SMILES string of the molecule is CI.Cc1c(C(=O)OCC(C)(C)CN(C)C)oc2ccccc12. The number of nitrogens with zero attached hydrogens (tertiary/aromatic N) is 1. The summed E-state index contributed by atoms with van der Waals surface area (Å²) in [5.74, 6) is -0.0904. The van der Waals surface area contributed by atoms with Gasteiger partial charge >= 0.3 is 5.97 Å². The molecule has 0 radical (unpaired) electrons. The Balaban J connectivity index is 0.00000127. The highest BCUT2D eigenvalue weighted by atomic mass is 127. The van der Waals surface area contributed by atoms with Gasteiger partial charge in [-0.25, -0.2) is 4.79 Å². The van der Waals surface area contributed by atoms with E-state index in [1.165, 1.54) is 0 Å². The van der Waals surface area contributed by atoms with Crippen molar-refractivity contribution in [3.8, 4) is 0 Å². The Labute approximate surface area is 152 Å². The van der Waals surface area contributed by atoms with Crippen LogP contribution in [0.5, 0.6) is 0 Å². The Kier molecular flexibility index (Phi) is 7.54. The molecule has 23 heavy (non-hydrogen) atoms. The van der Waals surface area contributed by atoms with Crippen LogP contribution in [-0.4, -0.2) is 43.0 Å². The average molecular weight is 431 g/mol. The van der Waals surface area contributed by atoms with E-state index in [0.29, 0.717) is 12.4 Å². The number of fused-ring (bicyclic) bond motifs is 1. The quantitative estimate of drug-likeness (QED) is 0.396. The monoisotopic (exact) mass is 431 g/mol. The number of carbonyl (C=O) groups is 1. The van der Waals surface area contributed by atoms with E-state index in [1.807, 2.05) is 50.2 Å². The van der Waals surface area contributed by atoms with Crippen LogP contribution in [0.1, 0.15) is 30.0 Å². The third-order valence-corrected chi connectivity index (χ3v) is 3.37. The van der Waals surface area contributed by atoms with Crippen LogP contribution in [0, 0.1) is 12.3 Å². The molecule has 0 N–H and O–H groups in total. The average Bonchev–Trinajstić information content (AvgIpc) is 2.83. The molecule has 0 spiro atoms. The van der Waals surface area contributed by atoms with E-state index < -0.39 is 5.97 Å². The molecule has 0 amide bonds. The third-order valence-electron chi connectivity index (χ3n) is 3.37. The van der Waals surface area contributed by atoms with Gasteiger partial charge in [-0.05, 0) is 32.0 Å². The highest BCUT2D eigenvalue weighted by Gasteiger charge is 2.24. The van der Waals surface area contributed by atoms with Crippen LogP contribution in [0.25, 0.3) is 11.0 Å². The first-order valence-electron chi connectivity index (χ1n) is 7.48. The van der Waals surface area contributed by atoms with Crippen molar-refractivity contribution in [2.45, 2.75) is 20.8 Å². The van der Waals surface area contributed by atoms with Crippen molar-refractivity contribution in [2.24, 2.45) is 5.41 Å². The number of esters is 1. The standard InChI is InChI=1S/C17H23NO3.CH3I/c1-12-13-8-6-7-9-14(13)21-15(12)16(19)20-11-17(2,3)10-18(4)5;1-2/h6-9H,10-11H2,1-5H3;1H3. The second kappa shape index (κ2) is 8.68. The molecular weight excluding hydrogens is 405 g/mol. The van der Waals surface area contributed by atoms with Crippen molar-refractivity contribution >= 4 is 39.5 Å². The van der Waals surface area contributed by atoms with Crippen LogP contribution >= 0.6 is 22.6 Å². The van der Waals surface area contributed by atoms with Gasteiger partial charge in [-0.2, -0.15) is 0 Å². The van der Waals surface area contributed by atoms with E-state index in [1.54, 1.807) is 0 Å². The molecule has 0 saturated carbocycles. The summed E-state index contributed by atoms with van der Waals surface area (Å²) in [7, 11) is 4.01. The number of hydrogen-bond acceptors (Lipinski definition) is 4. The summed E-state index contributed by atoms with van der Waals surface area (Å²) in [4.78, 5) is 16.3. The predicted octanol–water partition coefficient (Wildman–Crippen LogP) is 4.54. The van der Waals surface area contributed by atoms with Crippen molar-refractivity contribution in [2.75, 3.05) is 32.2 Å². The molecule has 1 aromatic carbocycles. The fraction of sp³-hybridized carbons (Fsp3) is 0.500. The van der Waals surface area contributed by atoms with Crippen molar-refractivity contribution in [3.63, 3.8) is 0 Å². The van der Waals surface area contributed by atoms with Gasteiger partial charge in [0.05, 0.1) is 6.61 Å². The summed E-state index contributed by atoms with van der Waals surface area (Å²) in [6.45, 7) is 7.24. The van der Waals surface area contributed by atoms with Crippen LogP contribution in [0.4, 0.5) is 0 Å². The second-order valence-corrected chi connectivity index (χ2v) is 6.53. The lowest BCUT2D eigenvalue weighted by molar-refractivity contribution is 0.0266. The maximum Gasteiger partial charge on any atom is 0.374 e. The third kappa shape index (κ3) is 5.49. The first kappa shape index (κ1) is 20.0. The fourth-order valence-electron chi connectivity index (χ4n) is 2.60. The summed E-state index contributed by atoms with van der Waals surface area (Å²) in [5.41, 5.74) is 1.45. The minimum atomic E-state index is -0.393. The zero-order chi connectivity index (χ0) is 17.6. The molecule has 5 heteroatoms. The van der Waals surface area contributed by atoms with Crippen molar-refractivity contribution in [1.29, 1.82) is 0 Å². The summed E-state index contributed by atoms with van der Waals surface area (Å²) in [6, 6.07) is 7.62. The van der Waals surface area contributed by atoms with Gasteiger partial charge in [-0.1, -0.05) is 54.6 Å². The van der Waals surface area contributed by atoms with Gasteiger partial charge in [-0.15, -0.1) is 0 Å². The Bertz CT molecular complexity index is 647. The fourth-order valence-corrected chi connectivity index (χ4v) is 2.60. The van der Waals surface area contributed by atoms with E-state index in [4.69, 9.17) is 9.15 Å². The molecule has 0 saturated heterocycles. The van der Waals surface area contributed by atoms with E-state index >= 15 is 0 Å². The Morgan fingerprint density at radius 1 is 1.26 bits per heavy atom. The van der Waals surface area contributed by atoms with Crippen LogP contribution in [-0.2, 0) is 4.74 Å². The molecule has 0 unspecified atom stereocenters. The number of benzene rings is 1. The van der Waals surface area contributed by atoms with Gasteiger partial charge in [0.15, 0.2) is 0 Å². The number of ether oxygens (including phenoxy) is 1. The van der Waals surface area contributed by atoms with Crippen LogP contribution < -0.4 is 0 Å². The van der Waals surface area contributed by atoms with E-state index in [0.717, 1.165) is 23.1 Å². The molecule has 0 aliphatic carbocycles. The second-order valence-electron chi connectivity index (χ2n) is 6.53. The molecule has 0 fully saturated rings. The van der Waals surface area contributed by atoms with E-state index in [9.17, 15) is 4.79 Å². The molecule has 2 rings (SSSR count). The van der Waals surface area contributed by atoms with E-state index in [-0.39, 0.29) is 5.41 Å². The van der Waals surface area contributed by atoms with E-state index in [2.05, 4.69) is 41.3 Å². The number of carbonyl (C=O) groups excluding carboxylic acids is 1. The number of alkyl halides is 1. The molecule has 0 atom stereocenters. The Hall–Kier alpha value is -1.08. The van der Waals surface area contributed by atoms with Crippen LogP contribution in [0.3, 0.4) is 0 Å². The lowest BCUT2D eigenvalue weighted by atomic mass is 9.94. The molecule has 1 heterocycles. The number of para-hydroxylation sites is 1. The maximum atomic E-state index is 12.2. The van der Waals surface area contributed by atoms with Gasteiger partial charge in [0.1, 0.15) is 5.58 Å². The minimum Gasteiger partial charge on any atom is -0.459 e. The van der Waals surface area contributed by atoms with Crippen molar-refractivity contribution in [3.05, 3.63) is 35.6 Å². The number of hydrogen-bond donors (Lipinski definition) is 0. The molecule has 128 valence electrons. The van der Waals surface area contributed by atoms with Gasteiger partial charge in [-0.3, -0.25) is 0 Å². The molecule has 0 aliphatic heterocycles. The normalized spacial score (nSPS) is 11.3. The first-order chi connectivity index (χ1) is 10.8. The van der Waals surface area contributed by atoms with Gasteiger partial charge in [0.25, 0.3) is 0 Å². The predicted molar refractivity (Wildman–Crippen MR) is 104 cm³/mol. The van der Waals surface area contributed by atoms with Crippen molar-refractivity contribution < 1.29 is 13.9 Å². The van der Waals surface area contributed by atoms with Crippen LogP contribution in [0.15, 0.2) is 28.7 Å². The van der Waals surface area contributed by atoms with Gasteiger partial charge in [0.2, 0.25) is 5.76 Å². The summed E-state index contributed by atoms with van der Waals surface area (Å²) >= 11 is 2.15. The maximum absolute atomic E-state index is 12.2. The summed E-state index contributed by atoms with van der Waals surface area (Å²) < 4.78 is 11.1. The van der Waals surface area contributed by atoms with Crippen LogP contribution in [0.2, 0.25) is 0 Å². The number of halogens is 1. The van der Waals surface area contributed by atoms with Gasteiger partial charge in [0, 0.05) is 22.9 Å². The number of aryl methyl sites for hydroxylation is 1. The molecule has 1 aromatic heterocycles. The Morgan fingerprint density at radius 2 is 1.87 bits per heavy atom. The number of rotatable bonds is 5. The molecule has 0 aliphatic rings. The lowest BCUT2D eigenvalue weighted by Crippen LogP contribution is -2.33. The molecular formula is C18H26INO3. The highest BCUT2D eigenvalue weighted by molar-refractivity contribution is 14.1. The zero-order valence-electron chi connectivity index (χ0n) is 14.8. The molecule has 4 nitrogen and oxygen atoms in total. The van der Waals surface area contributed by atoms with Gasteiger partial charge < -0.3 is 14.1 Å². The van der Waals surface area contributed by atoms with Crippen molar-refractivity contribution in [1.82, 2.24) is 4.90 Å². The minimum absolute atomic E-state index is 0.0981. The zero-order valence-corrected chi connectivity index (χ0v) is 16.9. The first-order valence-corrected chi connectivity index (χ1v) is 9.64. The smallest absolute Gasteiger partial charge is 0.374 e. The highest BCUT2D eigenvalue weighted by Crippen LogP contribution is 2.26. The topological polar surface area (TPSA) is 42.7 Å². The number of furan rings is 1. The molecule has 2 aromatic rings. The largest absolute Gasteiger partial charge is 0.459 e. The lowest BCUT2D eigenvalue weighted by Gasteiger charge is -2.27. The Morgan fingerprint density at radius 3 is 2.43 bits per heavy atom. The molecule has 0 bridgehead atoms.